The smallest absolute Gasteiger partial charge is 0.255 e. The first-order chi connectivity index (χ1) is 12.0. The molecule has 2 nitrogen and oxygen atoms in total. The van der Waals surface area contributed by atoms with E-state index in [1.807, 2.05) is 6.07 Å². The zero-order chi connectivity index (χ0) is 17.8. The molecule has 1 fully saturated rings. The molecule has 0 radical (unpaired) electrons. The predicted octanol–water partition coefficient (Wildman–Crippen LogP) is 6.81. The summed E-state index contributed by atoms with van der Waals surface area (Å²) in [5.74, 6) is -0.790. The van der Waals surface area contributed by atoms with Crippen molar-refractivity contribution >= 4 is 46.6 Å². The van der Waals surface area contributed by atoms with Crippen LogP contribution in [0.15, 0.2) is 41.3 Å². The predicted molar refractivity (Wildman–Crippen MR) is 104 cm³/mol. The van der Waals surface area contributed by atoms with Gasteiger partial charge in [-0.2, -0.15) is 0 Å². The van der Waals surface area contributed by atoms with Gasteiger partial charge in [-0.25, -0.2) is 4.39 Å². The highest BCUT2D eigenvalue weighted by atomic mass is 35.5. The van der Waals surface area contributed by atoms with E-state index in [0.717, 1.165) is 4.90 Å². The molecule has 0 spiro atoms. The summed E-state index contributed by atoms with van der Waals surface area (Å²) >= 11 is 13.8. The van der Waals surface area contributed by atoms with Crippen LogP contribution in [0.3, 0.4) is 0 Å². The Morgan fingerprint density at radius 2 is 1.80 bits per heavy atom. The van der Waals surface area contributed by atoms with Gasteiger partial charge in [0.15, 0.2) is 0 Å². The van der Waals surface area contributed by atoms with Crippen LogP contribution < -0.4 is 5.32 Å². The Hall–Kier alpha value is -1.23. The lowest BCUT2D eigenvalue weighted by molar-refractivity contribution is 0.102. The summed E-state index contributed by atoms with van der Waals surface area (Å²) in [7, 11) is 0. The maximum atomic E-state index is 13.2. The maximum absolute atomic E-state index is 13.2. The normalized spacial score (nSPS) is 15.2. The Bertz CT molecular complexity index is 778. The lowest BCUT2D eigenvalue weighted by Crippen LogP contribution is -2.12. The molecule has 0 saturated heterocycles. The molecule has 1 aliphatic carbocycles. The Labute approximate surface area is 161 Å². The van der Waals surface area contributed by atoms with Crippen molar-refractivity contribution in [1.29, 1.82) is 0 Å². The van der Waals surface area contributed by atoms with Crippen molar-refractivity contribution in [3.05, 3.63) is 57.8 Å². The summed E-state index contributed by atoms with van der Waals surface area (Å²) < 4.78 is 13.2. The van der Waals surface area contributed by atoms with Gasteiger partial charge in [0, 0.05) is 21.4 Å². The van der Waals surface area contributed by atoms with Gasteiger partial charge in [0.2, 0.25) is 0 Å². The van der Waals surface area contributed by atoms with Crippen LogP contribution in [0, 0.1) is 5.82 Å². The standard InChI is InChI=1S/C19H18Cl2FNOS/c20-15-8-6-12(10-18(15)25-14-4-2-1-3-5-14)19(24)23-13-7-9-17(22)16(21)11-13/h6-11,14H,1-5H2,(H,23,24). The Kier molecular flexibility index (Phi) is 6.26. The van der Waals surface area contributed by atoms with Crippen molar-refractivity contribution in [2.45, 2.75) is 42.2 Å². The van der Waals surface area contributed by atoms with E-state index in [9.17, 15) is 9.18 Å². The summed E-state index contributed by atoms with van der Waals surface area (Å²) in [4.78, 5) is 13.4. The summed E-state index contributed by atoms with van der Waals surface area (Å²) in [6, 6.07) is 9.36. The minimum Gasteiger partial charge on any atom is -0.322 e. The largest absolute Gasteiger partial charge is 0.322 e. The molecule has 3 rings (SSSR count). The third-order valence-corrected chi connectivity index (χ3v) is 6.34. The molecule has 0 bridgehead atoms. The average Bonchev–Trinajstić information content (AvgIpc) is 2.61. The first kappa shape index (κ1) is 18.6. The number of benzene rings is 2. The van der Waals surface area contributed by atoms with Crippen molar-refractivity contribution in [3.8, 4) is 0 Å². The van der Waals surface area contributed by atoms with E-state index in [4.69, 9.17) is 23.2 Å². The zero-order valence-corrected chi connectivity index (χ0v) is 15.9. The van der Waals surface area contributed by atoms with Crippen LogP contribution in [0.2, 0.25) is 10.0 Å². The number of halogens is 3. The molecular formula is C19H18Cl2FNOS. The van der Waals surface area contributed by atoms with Crippen LogP contribution in [0.4, 0.5) is 10.1 Å². The molecule has 25 heavy (non-hydrogen) atoms. The highest BCUT2D eigenvalue weighted by Gasteiger charge is 2.17. The van der Waals surface area contributed by atoms with Gasteiger partial charge in [-0.05, 0) is 49.2 Å². The molecule has 2 aromatic rings. The monoisotopic (exact) mass is 397 g/mol. The van der Waals surface area contributed by atoms with E-state index >= 15 is 0 Å². The van der Waals surface area contributed by atoms with Crippen LogP contribution in [-0.4, -0.2) is 11.2 Å². The maximum Gasteiger partial charge on any atom is 0.255 e. The van der Waals surface area contributed by atoms with Gasteiger partial charge in [0.1, 0.15) is 5.82 Å². The van der Waals surface area contributed by atoms with Crippen molar-refractivity contribution in [2.75, 3.05) is 5.32 Å². The van der Waals surface area contributed by atoms with Crippen LogP contribution in [0.5, 0.6) is 0 Å². The van der Waals surface area contributed by atoms with E-state index < -0.39 is 5.82 Å². The zero-order valence-electron chi connectivity index (χ0n) is 13.5. The minimum absolute atomic E-state index is 0.0255. The third-order valence-electron chi connectivity index (χ3n) is 4.22. The fourth-order valence-corrected chi connectivity index (χ4v) is 4.61. The molecule has 0 aromatic heterocycles. The molecule has 132 valence electrons. The second kappa shape index (κ2) is 8.43. The molecule has 0 aliphatic heterocycles. The first-order valence-electron chi connectivity index (χ1n) is 8.25. The lowest BCUT2D eigenvalue weighted by atomic mass is 10.0. The number of hydrogen-bond acceptors (Lipinski definition) is 2. The number of carbonyl (C=O) groups excluding carboxylic acids is 1. The van der Waals surface area contributed by atoms with Crippen molar-refractivity contribution < 1.29 is 9.18 Å². The first-order valence-corrected chi connectivity index (χ1v) is 9.89. The van der Waals surface area contributed by atoms with Gasteiger partial charge in [0.25, 0.3) is 5.91 Å². The third kappa shape index (κ3) is 4.90. The van der Waals surface area contributed by atoms with Gasteiger partial charge in [-0.15, -0.1) is 11.8 Å². The summed E-state index contributed by atoms with van der Waals surface area (Å²) in [6.45, 7) is 0. The van der Waals surface area contributed by atoms with E-state index in [-0.39, 0.29) is 10.9 Å². The molecule has 1 amide bonds. The van der Waals surface area contributed by atoms with E-state index in [1.54, 1.807) is 23.9 Å². The fourth-order valence-electron chi connectivity index (χ4n) is 2.87. The minimum atomic E-state index is -0.516. The van der Waals surface area contributed by atoms with Gasteiger partial charge in [-0.3, -0.25) is 4.79 Å². The van der Waals surface area contributed by atoms with Gasteiger partial charge < -0.3 is 5.32 Å². The quantitative estimate of drug-likeness (QED) is 0.613. The van der Waals surface area contributed by atoms with E-state index in [2.05, 4.69) is 5.32 Å². The summed E-state index contributed by atoms with van der Waals surface area (Å²) in [5, 5.41) is 3.93. The summed E-state index contributed by atoms with van der Waals surface area (Å²) in [6.07, 6.45) is 6.17. The second-order valence-corrected chi connectivity index (χ2v) is 8.26. The van der Waals surface area contributed by atoms with Crippen molar-refractivity contribution in [3.63, 3.8) is 0 Å². The molecular weight excluding hydrogens is 380 g/mol. The molecule has 6 heteroatoms. The van der Waals surface area contributed by atoms with E-state index in [1.165, 1.54) is 50.3 Å². The molecule has 1 aliphatic rings. The highest BCUT2D eigenvalue weighted by molar-refractivity contribution is 8.00. The molecule has 0 atom stereocenters. The van der Waals surface area contributed by atoms with Crippen LogP contribution in [-0.2, 0) is 0 Å². The number of carbonyl (C=O) groups is 1. The Morgan fingerprint density at radius 3 is 2.52 bits per heavy atom. The number of hydrogen-bond donors (Lipinski definition) is 1. The molecule has 0 unspecified atom stereocenters. The number of amides is 1. The van der Waals surface area contributed by atoms with Gasteiger partial charge in [-0.1, -0.05) is 42.5 Å². The number of rotatable bonds is 4. The molecule has 0 heterocycles. The molecule has 1 N–H and O–H groups in total. The summed E-state index contributed by atoms with van der Waals surface area (Å²) in [5.41, 5.74) is 0.969. The second-order valence-electron chi connectivity index (χ2n) is 6.11. The van der Waals surface area contributed by atoms with Crippen molar-refractivity contribution in [1.82, 2.24) is 0 Å². The van der Waals surface area contributed by atoms with Crippen LogP contribution in [0.1, 0.15) is 42.5 Å². The highest BCUT2D eigenvalue weighted by Crippen LogP contribution is 2.37. The Morgan fingerprint density at radius 1 is 1.04 bits per heavy atom. The molecule has 1 saturated carbocycles. The van der Waals surface area contributed by atoms with Crippen molar-refractivity contribution in [2.24, 2.45) is 0 Å². The SMILES string of the molecule is O=C(Nc1ccc(F)c(Cl)c1)c1ccc(Cl)c(SC2CCCCC2)c1. The Balaban J connectivity index is 1.73. The van der Waals surface area contributed by atoms with Crippen LogP contribution >= 0.6 is 35.0 Å². The van der Waals surface area contributed by atoms with E-state index in [0.29, 0.717) is 21.5 Å². The van der Waals surface area contributed by atoms with Gasteiger partial charge >= 0.3 is 0 Å². The number of nitrogens with one attached hydrogen (secondary N) is 1. The number of anilines is 1. The fraction of sp³-hybridized carbons (Fsp3) is 0.316. The molecule has 2 aromatic carbocycles. The van der Waals surface area contributed by atoms with Gasteiger partial charge in [0.05, 0.1) is 10.0 Å². The van der Waals surface area contributed by atoms with Crippen LogP contribution in [0.25, 0.3) is 0 Å². The average molecular weight is 398 g/mol. The number of thioether (sulfide) groups is 1. The lowest BCUT2D eigenvalue weighted by Gasteiger charge is -2.21. The topological polar surface area (TPSA) is 29.1 Å².